The Morgan fingerprint density at radius 1 is 1.11 bits per heavy atom. The number of hydrogen-bond donors (Lipinski definition) is 2. The first-order valence-electron chi connectivity index (χ1n) is 11.8. The number of halogens is 1. The summed E-state index contributed by atoms with van der Waals surface area (Å²) in [6.45, 7) is 3.40. The zero-order valence-electron chi connectivity index (χ0n) is 19.6. The van der Waals surface area contributed by atoms with Gasteiger partial charge in [0.05, 0.1) is 41.8 Å². The van der Waals surface area contributed by atoms with Gasteiger partial charge in [0.25, 0.3) is 0 Å². The molecule has 0 radical (unpaired) electrons. The Kier molecular flexibility index (Phi) is 7.57. The van der Waals surface area contributed by atoms with Gasteiger partial charge in [0.15, 0.2) is 0 Å². The minimum atomic E-state index is -0.957. The Hall–Kier alpha value is -3.16. The van der Waals surface area contributed by atoms with Crippen LogP contribution in [0.15, 0.2) is 66.7 Å². The molecule has 0 aromatic heterocycles. The van der Waals surface area contributed by atoms with E-state index in [4.69, 9.17) is 16.3 Å². The third kappa shape index (κ3) is 4.70. The first kappa shape index (κ1) is 24.9. The van der Waals surface area contributed by atoms with Crippen LogP contribution in [0.25, 0.3) is 0 Å². The van der Waals surface area contributed by atoms with Gasteiger partial charge in [0.2, 0.25) is 11.8 Å². The van der Waals surface area contributed by atoms with Crippen molar-refractivity contribution in [2.45, 2.75) is 25.9 Å². The van der Waals surface area contributed by atoms with Crippen LogP contribution in [0, 0.1) is 23.7 Å². The average molecular weight is 497 g/mol. The average Bonchev–Trinajstić information content (AvgIpc) is 3.14. The van der Waals surface area contributed by atoms with Crippen LogP contribution in [-0.2, 0) is 19.1 Å². The number of allylic oxidation sites excluding steroid dienone is 1. The Labute approximate surface area is 209 Å². The topological polar surface area (TPSA) is 95.9 Å². The van der Waals surface area contributed by atoms with Gasteiger partial charge in [-0.25, -0.2) is 0 Å². The number of fused-ring (bicyclic) bond motifs is 1. The molecular weight excluding hydrogens is 468 g/mol. The molecule has 0 unspecified atom stereocenters. The predicted octanol–water partition coefficient (Wildman–Crippen LogP) is 3.84. The van der Waals surface area contributed by atoms with E-state index in [2.05, 4.69) is 5.32 Å². The summed E-state index contributed by atoms with van der Waals surface area (Å²) in [4.78, 5) is 42.1. The van der Waals surface area contributed by atoms with E-state index < -0.39 is 41.7 Å². The lowest BCUT2D eigenvalue weighted by Crippen LogP contribution is -2.47. The number of nitrogens with zero attached hydrogens (tertiary/aromatic N) is 1. The molecule has 8 heteroatoms. The number of aliphatic hydroxyl groups is 1. The van der Waals surface area contributed by atoms with E-state index in [-0.39, 0.29) is 25.0 Å². The van der Waals surface area contributed by atoms with E-state index in [1.54, 1.807) is 43.3 Å². The molecule has 1 aliphatic heterocycles. The molecule has 1 fully saturated rings. The minimum Gasteiger partial charge on any atom is -0.466 e. The predicted molar refractivity (Wildman–Crippen MR) is 132 cm³/mol. The SMILES string of the molecule is CCOC(=O)[C@H]1[C@@H]2C(=O)N([C@H](CO)c3ccccc3)[C@H](C(=O)Nc3ccccc3Cl)[C@H]2C=C[C@H]1C. The van der Waals surface area contributed by atoms with Gasteiger partial charge in [-0.05, 0) is 30.5 Å². The maximum atomic E-state index is 14.0. The Bertz CT molecular complexity index is 1120. The fraction of sp³-hybridized carbons (Fsp3) is 0.370. The summed E-state index contributed by atoms with van der Waals surface area (Å²) >= 11 is 6.27. The molecule has 2 aromatic carbocycles. The van der Waals surface area contributed by atoms with E-state index in [0.717, 1.165) is 0 Å². The number of amides is 2. The molecule has 0 saturated carbocycles. The number of ether oxygens (including phenoxy) is 1. The Morgan fingerprint density at radius 3 is 2.46 bits per heavy atom. The summed E-state index contributed by atoms with van der Waals surface area (Å²) in [5.74, 6) is -3.58. The van der Waals surface area contributed by atoms with Crippen molar-refractivity contribution in [3.8, 4) is 0 Å². The third-order valence-electron chi connectivity index (χ3n) is 6.86. The van der Waals surface area contributed by atoms with Crippen molar-refractivity contribution in [3.63, 3.8) is 0 Å². The van der Waals surface area contributed by atoms with Crippen molar-refractivity contribution in [3.05, 3.63) is 77.3 Å². The van der Waals surface area contributed by atoms with Gasteiger partial charge in [-0.1, -0.05) is 73.1 Å². The van der Waals surface area contributed by atoms with Crippen LogP contribution in [-0.4, -0.2) is 47.0 Å². The second kappa shape index (κ2) is 10.6. The fourth-order valence-corrected chi connectivity index (χ4v) is 5.45. The second-order valence-corrected chi connectivity index (χ2v) is 9.30. The van der Waals surface area contributed by atoms with Crippen molar-refractivity contribution < 1.29 is 24.2 Å². The highest BCUT2D eigenvalue weighted by atomic mass is 35.5. The van der Waals surface area contributed by atoms with E-state index >= 15 is 0 Å². The number of esters is 1. The van der Waals surface area contributed by atoms with E-state index in [1.165, 1.54) is 4.90 Å². The lowest BCUT2D eigenvalue weighted by Gasteiger charge is -2.33. The summed E-state index contributed by atoms with van der Waals surface area (Å²) in [7, 11) is 0. The molecule has 7 nitrogen and oxygen atoms in total. The molecule has 4 rings (SSSR count). The number of para-hydroxylation sites is 1. The van der Waals surface area contributed by atoms with Crippen molar-refractivity contribution in [1.29, 1.82) is 0 Å². The van der Waals surface area contributed by atoms with Gasteiger partial charge in [0, 0.05) is 5.92 Å². The molecule has 2 aliphatic rings. The third-order valence-corrected chi connectivity index (χ3v) is 7.19. The number of benzene rings is 2. The molecule has 0 spiro atoms. The molecular formula is C27H29ClN2O5. The van der Waals surface area contributed by atoms with Crippen LogP contribution in [0.1, 0.15) is 25.5 Å². The summed E-state index contributed by atoms with van der Waals surface area (Å²) in [5.41, 5.74) is 1.12. The number of anilines is 1. The first-order valence-corrected chi connectivity index (χ1v) is 12.1. The number of rotatable bonds is 7. The molecule has 6 atom stereocenters. The second-order valence-electron chi connectivity index (χ2n) is 8.89. The standard InChI is InChI=1S/C27H29ClN2O5/c1-3-35-27(34)22-16(2)13-14-18-23(22)26(33)30(21(15-31)17-9-5-4-6-10-17)24(18)25(32)29-20-12-8-7-11-19(20)28/h4-14,16,18,21-24,31H,3,15H2,1-2H3,(H,29,32)/t16-,18+,21-,22-,23-,24+/m1/s1. The molecule has 0 bridgehead atoms. The van der Waals surface area contributed by atoms with Crippen LogP contribution in [0.3, 0.4) is 0 Å². The van der Waals surface area contributed by atoms with Gasteiger partial charge in [-0.3, -0.25) is 14.4 Å². The van der Waals surface area contributed by atoms with E-state index in [0.29, 0.717) is 16.3 Å². The van der Waals surface area contributed by atoms with Gasteiger partial charge in [-0.2, -0.15) is 0 Å². The minimum absolute atomic E-state index is 0.195. The normalized spacial score (nSPS) is 26.2. The summed E-state index contributed by atoms with van der Waals surface area (Å²) < 4.78 is 5.31. The van der Waals surface area contributed by atoms with Gasteiger partial charge in [-0.15, -0.1) is 0 Å². The molecule has 184 valence electrons. The highest BCUT2D eigenvalue weighted by Crippen LogP contribution is 2.47. The summed E-state index contributed by atoms with van der Waals surface area (Å²) in [5, 5.41) is 13.6. The molecule has 2 aromatic rings. The van der Waals surface area contributed by atoms with Crippen LogP contribution in [0.2, 0.25) is 5.02 Å². The van der Waals surface area contributed by atoms with Crippen molar-refractivity contribution in [1.82, 2.24) is 4.90 Å². The first-order chi connectivity index (χ1) is 16.9. The van der Waals surface area contributed by atoms with Crippen molar-refractivity contribution in [2.75, 3.05) is 18.5 Å². The lowest BCUT2D eigenvalue weighted by molar-refractivity contribution is -0.155. The molecule has 1 aliphatic carbocycles. The number of hydrogen-bond acceptors (Lipinski definition) is 5. The van der Waals surface area contributed by atoms with Gasteiger partial charge >= 0.3 is 5.97 Å². The highest BCUT2D eigenvalue weighted by Gasteiger charge is 2.58. The summed E-state index contributed by atoms with van der Waals surface area (Å²) in [6.07, 6.45) is 3.71. The van der Waals surface area contributed by atoms with Crippen LogP contribution in [0.4, 0.5) is 5.69 Å². The van der Waals surface area contributed by atoms with Gasteiger partial charge < -0.3 is 20.1 Å². The Balaban J connectivity index is 1.78. The highest BCUT2D eigenvalue weighted by molar-refractivity contribution is 6.33. The monoisotopic (exact) mass is 496 g/mol. The van der Waals surface area contributed by atoms with E-state index in [1.807, 2.05) is 37.3 Å². The zero-order valence-corrected chi connectivity index (χ0v) is 20.4. The lowest BCUT2D eigenvalue weighted by atomic mass is 9.70. The zero-order chi connectivity index (χ0) is 25.1. The maximum absolute atomic E-state index is 14.0. The molecule has 1 heterocycles. The van der Waals surface area contributed by atoms with Crippen LogP contribution in [0.5, 0.6) is 0 Å². The number of carbonyl (C=O) groups is 3. The number of carbonyl (C=O) groups excluding carboxylic acids is 3. The molecule has 2 amide bonds. The summed E-state index contributed by atoms with van der Waals surface area (Å²) in [6, 6.07) is 14.2. The van der Waals surface area contributed by atoms with Crippen LogP contribution < -0.4 is 5.32 Å². The van der Waals surface area contributed by atoms with E-state index in [9.17, 15) is 19.5 Å². The Morgan fingerprint density at radius 2 is 1.80 bits per heavy atom. The van der Waals surface area contributed by atoms with Crippen molar-refractivity contribution >= 4 is 35.1 Å². The number of aliphatic hydroxyl groups excluding tert-OH is 1. The largest absolute Gasteiger partial charge is 0.466 e. The fourth-order valence-electron chi connectivity index (χ4n) is 5.27. The molecule has 2 N–H and O–H groups in total. The smallest absolute Gasteiger partial charge is 0.310 e. The van der Waals surface area contributed by atoms with Crippen LogP contribution >= 0.6 is 11.6 Å². The quantitative estimate of drug-likeness (QED) is 0.448. The maximum Gasteiger partial charge on any atom is 0.310 e. The molecule has 35 heavy (non-hydrogen) atoms. The number of nitrogens with one attached hydrogen (secondary N) is 1. The van der Waals surface area contributed by atoms with Crippen molar-refractivity contribution in [2.24, 2.45) is 23.7 Å². The van der Waals surface area contributed by atoms with Gasteiger partial charge in [0.1, 0.15) is 6.04 Å². The molecule has 1 saturated heterocycles. The number of likely N-dealkylation sites (tertiary alicyclic amines) is 1.